The fourth-order valence-corrected chi connectivity index (χ4v) is 2.43. The number of sulfonamides is 1. The van der Waals surface area contributed by atoms with Gasteiger partial charge in [-0.05, 0) is 12.1 Å². The quantitative estimate of drug-likeness (QED) is 0.889. The fraction of sp³-hybridized carbons (Fsp3) is 0. The van der Waals surface area contributed by atoms with Gasteiger partial charge in [-0.25, -0.2) is 17.2 Å². The van der Waals surface area contributed by atoms with Crippen molar-refractivity contribution in [1.82, 2.24) is 10.2 Å². The Morgan fingerprint density at radius 1 is 1.37 bits per heavy atom. The molecule has 2 N–H and O–H groups in total. The molecule has 0 saturated carbocycles. The number of anilines is 1. The van der Waals surface area contributed by atoms with Crippen molar-refractivity contribution in [3.05, 3.63) is 41.6 Å². The maximum atomic E-state index is 13.4. The molecule has 0 unspecified atom stereocenters. The van der Waals surface area contributed by atoms with Crippen LogP contribution in [0.4, 0.5) is 14.6 Å². The molecule has 2 aromatic rings. The molecule has 2 rings (SSSR count). The van der Waals surface area contributed by atoms with Crippen molar-refractivity contribution in [2.75, 3.05) is 4.72 Å². The average Bonchev–Trinajstić information content (AvgIpc) is 2.74. The van der Waals surface area contributed by atoms with Crippen LogP contribution in [0.5, 0.6) is 0 Å². The summed E-state index contributed by atoms with van der Waals surface area (Å²) in [6.07, 6.45) is 1.11. The minimum Gasteiger partial charge on any atom is -0.263 e. The monoisotopic (exact) mass is 284 g/mol. The number of rotatable bonds is 3. The molecule has 0 spiro atoms. The molecule has 6 nitrogen and oxygen atoms in total. The summed E-state index contributed by atoms with van der Waals surface area (Å²) in [5.41, 5.74) is -0.0499. The number of hydrogen-bond donors (Lipinski definition) is 2. The molecule has 19 heavy (non-hydrogen) atoms. The van der Waals surface area contributed by atoms with Gasteiger partial charge in [0, 0.05) is 6.07 Å². The van der Waals surface area contributed by atoms with Gasteiger partial charge in [-0.1, -0.05) is 0 Å². The third-order valence-electron chi connectivity index (χ3n) is 2.18. The second kappa shape index (κ2) is 4.66. The Bertz CT molecular complexity index is 764. The van der Waals surface area contributed by atoms with Crippen molar-refractivity contribution in [3.63, 3.8) is 0 Å². The number of halogens is 2. The zero-order chi connectivity index (χ0) is 14.0. The van der Waals surface area contributed by atoms with E-state index in [0.717, 1.165) is 18.3 Å². The molecule has 0 aliphatic carbocycles. The van der Waals surface area contributed by atoms with Crippen LogP contribution >= 0.6 is 0 Å². The number of H-pyrrole nitrogens is 1. The van der Waals surface area contributed by atoms with Crippen LogP contribution in [0.25, 0.3) is 0 Å². The number of benzene rings is 1. The Labute approximate surface area is 106 Å². The number of aromatic nitrogens is 2. The molecule has 0 amide bonds. The molecule has 1 aromatic carbocycles. The smallest absolute Gasteiger partial charge is 0.263 e. The van der Waals surface area contributed by atoms with Crippen molar-refractivity contribution in [2.24, 2.45) is 0 Å². The van der Waals surface area contributed by atoms with E-state index in [1.54, 1.807) is 6.07 Å². The molecule has 0 aliphatic heterocycles. The lowest BCUT2D eigenvalue weighted by molar-refractivity contribution is 0.551. The minimum atomic E-state index is -4.28. The minimum absolute atomic E-state index is 0.0499. The van der Waals surface area contributed by atoms with Gasteiger partial charge in [0.25, 0.3) is 10.0 Å². The van der Waals surface area contributed by atoms with Crippen molar-refractivity contribution in [2.45, 2.75) is 4.90 Å². The van der Waals surface area contributed by atoms with Crippen LogP contribution in [0.3, 0.4) is 0 Å². The largest absolute Gasteiger partial charge is 0.265 e. The lowest BCUT2D eigenvalue weighted by Crippen LogP contribution is -2.15. The van der Waals surface area contributed by atoms with E-state index in [-0.39, 0.29) is 11.4 Å². The van der Waals surface area contributed by atoms with E-state index in [4.69, 9.17) is 5.26 Å². The van der Waals surface area contributed by atoms with Crippen LogP contribution in [-0.2, 0) is 10.0 Å². The van der Waals surface area contributed by atoms with Crippen molar-refractivity contribution < 1.29 is 17.2 Å². The summed E-state index contributed by atoms with van der Waals surface area (Å²) in [7, 11) is -4.28. The lowest BCUT2D eigenvalue weighted by Gasteiger charge is -2.07. The molecule has 0 saturated heterocycles. The summed E-state index contributed by atoms with van der Waals surface area (Å²) in [4.78, 5) is -0.729. The standard InChI is InChI=1S/C10H6F2N4O2S/c11-7-1-2-9(8(12)3-7)19(17,18)16-10-6(4-13)5-14-15-10/h1-3,5H,(H2,14,15,16). The van der Waals surface area contributed by atoms with E-state index in [1.165, 1.54) is 0 Å². The van der Waals surface area contributed by atoms with Crippen LogP contribution < -0.4 is 4.72 Å². The predicted molar refractivity (Wildman–Crippen MR) is 60.5 cm³/mol. The molecule has 9 heteroatoms. The van der Waals surface area contributed by atoms with E-state index in [2.05, 4.69) is 10.2 Å². The Morgan fingerprint density at radius 2 is 2.11 bits per heavy atom. The van der Waals surface area contributed by atoms with Crippen molar-refractivity contribution in [3.8, 4) is 6.07 Å². The van der Waals surface area contributed by atoms with Gasteiger partial charge in [0.2, 0.25) is 0 Å². The van der Waals surface area contributed by atoms with E-state index >= 15 is 0 Å². The molecule has 98 valence electrons. The first kappa shape index (κ1) is 13.0. The number of nitrogens with one attached hydrogen (secondary N) is 2. The zero-order valence-corrected chi connectivity index (χ0v) is 10.0. The Balaban J connectivity index is 2.41. The van der Waals surface area contributed by atoms with Gasteiger partial charge in [0.15, 0.2) is 5.82 Å². The van der Waals surface area contributed by atoms with Crippen LogP contribution in [0.1, 0.15) is 5.56 Å². The van der Waals surface area contributed by atoms with Crippen LogP contribution in [-0.4, -0.2) is 18.6 Å². The topological polar surface area (TPSA) is 98.6 Å². The van der Waals surface area contributed by atoms with Crippen LogP contribution in [0, 0.1) is 23.0 Å². The van der Waals surface area contributed by atoms with Gasteiger partial charge in [-0.2, -0.15) is 10.4 Å². The number of nitriles is 1. The molecular weight excluding hydrogens is 278 g/mol. The number of hydrogen-bond acceptors (Lipinski definition) is 4. The molecule has 1 heterocycles. The van der Waals surface area contributed by atoms with Gasteiger partial charge in [0.1, 0.15) is 28.2 Å². The summed E-state index contributed by atoms with van der Waals surface area (Å²) in [5.74, 6) is -2.31. The average molecular weight is 284 g/mol. The molecule has 0 bridgehead atoms. The summed E-state index contributed by atoms with van der Waals surface area (Å²) >= 11 is 0. The van der Waals surface area contributed by atoms with E-state index in [1.807, 2.05) is 4.72 Å². The summed E-state index contributed by atoms with van der Waals surface area (Å²) < 4.78 is 51.8. The van der Waals surface area contributed by atoms with Gasteiger partial charge in [0.05, 0.1) is 6.20 Å². The Hall–Kier alpha value is -2.47. The highest BCUT2D eigenvalue weighted by atomic mass is 32.2. The maximum absolute atomic E-state index is 13.4. The molecule has 1 aromatic heterocycles. The summed E-state index contributed by atoms with van der Waals surface area (Å²) in [6.45, 7) is 0. The first-order valence-corrected chi connectivity index (χ1v) is 6.33. The second-order valence-electron chi connectivity index (χ2n) is 3.45. The third kappa shape index (κ3) is 2.53. The molecule has 0 fully saturated rings. The lowest BCUT2D eigenvalue weighted by atomic mass is 10.3. The van der Waals surface area contributed by atoms with Gasteiger partial charge < -0.3 is 0 Å². The number of aromatic amines is 1. The maximum Gasteiger partial charge on any atom is 0.265 e. The van der Waals surface area contributed by atoms with Crippen molar-refractivity contribution >= 4 is 15.8 Å². The normalized spacial score (nSPS) is 11.0. The Morgan fingerprint density at radius 3 is 2.74 bits per heavy atom. The highest BCUT2D eigenvalue weighted by molar-refractivity contribution is 7.92. The Kier molecular flexibility index (Phi) is 3.18. The molecule has 0 radical (unpaired) electrons. The first-order chi connectivity index (χ1) is 8.94. The predicted octanol–water partition coefficient (Wildman–Crippen LogP) is 1.36. The summed E-state index contributed by atoms with van der Waals surface area (Å²) in [5, 5.41) is 14.4. The van der Waals surface area contributed by atoms with Crippen LogP contribution in [0.15, 0.2) is 29.3 Å². The van der Waals surface area contributed by atoms with Crippen molar-refractivity contribution in [1.29, 1.82) is 5.26 Å². The molecule has 0 aliphatic rings. The number of nitrogens with zero attached hydrogens (tertiary/aromatic N) is 2. The summed E-state index contributed by atoms with van der Waals surface area (Å²) in [6, 6.07) is 3.75. The SMILES string of the molecule is N#Cc1cn[nH]c1NS(=O)(=O)c1ccc(F)cc1F. The second-order valence-corrected chi connectivity index (χ2v) is 5.10. The zero-order valence-electron chi connectivity index (χ0n) is 9.18. The van der Waals surface area contributed by atoms with Crippen LogP contribution in [0.2, 0.25) is 0 Å². The van der Waals surface area contributed by atoms with Gasteiger partial charge in [-0.3, -0.25) is 9.82 Å². The fourth-order valence-electron chi connectivity index (χ4n) is 1.33. The molecular formula is C10H6F2N4O2S. The van der Waals surface area contributed by atoms with E-state index in [0.29, 0.717) is 6.07 Å². The first-order valence-electron chi connectivity index (χ1n) is 4.85. The van der Waals surface area contributed by atoms with E-state index < -0.39 is 26.6 Å². The van der Waals surface area contributed by atoms with Gasteiger partial charge in [-0.15, -0.1) is 0 Å². The third-order valence-corrected chi connectivity index (χ3v) is 3.56. The highest BCUT2D eigenvalue weighted by Gasteiger charge is 2.21. The highest BCUT2D eigenvalue weighted by Crippen LogP contribution is 2.20. The molecule has 0 atom stereocenters. The van der Waals surface area contributed by atoms with E-state index in [9.17, 15) is 17.2 Å². The van der Waals surface area contributed by atoms with Gasteiger partial charge >= 0.3 is 0 Å².